The zero-order valence-electron chi connectivity index (χ0n) is 17.7. The molecule has 158 valence electrons. The van der Waals surface area contributed by atoms with E-state index in [-0.39, 0.29) is 11.9 Å². The first-order valence-electron chi connectivity index (χ1n) is 10.4. The van der Waals surface area contributed by atoms with Crippen molar-refractivity contribution in [3.8, 4) is 17.0 Å². The van der Waals surface area contributed by atoms with E-state index >= 15 is 0 Å². The first-order valence-corrected chi connectivity index (χ1v) is 10.4. The number of ether oxygens (including phenoxy) is 1. The average Bonchev–Trinajstić information content (AvgIpc) is 3.38. The molecule has 0 saturated carbocycles. The molecule has 30 heavy (non-hydrogen) atoms. The lowest BCUT2D eigenvalue weighted by Gasteiger charge is -2.26. The average molecular weight is 409 g/mol. The number of nitrogens with zero attached hydrogens (tertiary/aromatic N) is 5. The molecule has 4 heterocycles. The second kappa shape index (κ2) is 8.69. The van der Waals surface area contributed by atoms with Crippen molar-refractivity contribution in [1.29, 1.82) is 0 Å². The summed E-state index contributed by atoms with van der Waals surface area (Å²) in [5.41, 5.74) is 2.47. The summed E-state index contributed by atoms with van der Waals surface area (Å²) >= 11 is 0. The van der Waals surface area contributed by atoms with Crippen LogP contribution < -0.4 is 10.1 Å². The molecule has 8 nitrogen and oxygen atoms in total. The van der Waals surface area contributed by atoms with Crippen LogP contribution in [0.2, 0.25) is 0 Å². The van der Waals surface area contributed by atoms with E-state index in [9.17, 15) is 4.79 Å². The fourth-order valence-corrected chi connectivity index (χ4v) is 3.97. The number of methoxy groups -OCH3 is 1. The Bertz CT molecular complexity index is 1030. The molecular formula is C22H28N6O2. The number of aromatic nitrogens is 4. The maximum Gasteiger partial charge on any atom is 0.223 e. The zero-order valence-corrected chi connectivity index (χ0v) is 17.7. The van der Waals surface area contributed by atoms with E-state index in [0.29, 0.717) is 24.6 Å². The molecule has 3 aromatic heterocycles. The van der Waals surface area contributed by atoms with Crippen molar-refractivity contribution >= 4 is 17.4 Å². The lowest BCUT2D eigenvalue weighted by atomic mass is 10.1. The van der Waals surface area contributed by atoms with Gasteiger partial charge in [0.25, 0.3) is 0 Å². The quantitative estimate of drug-likeness (QED) is 0.646. The number of hydrogen-bond acceptors (Lipinski definition) is 6. The Morgan fingerprint density at radius 1 is 1.30 bits per heavy atom. The van der Waals surface area contributed by atoms with Gasteiger partial charge in [0.15, 0.2) is 5.65 Å². The Balaban J connectivity index is 1.52. The van der Waals surface area contributed by atoms with Crippen LogP contribution in [-0.4, -0.2) is 56.6 Å². The van der Waals surface area contributed by atoms with Gasteiger partial charge in [-0.25, -0.2) is 9.50 Å². The highest BCUT2D eigenvalue weighted by atomic mass is 16.5. The van der Waals surface area contributed by atoms with Gasteiger partial charge in [-0.1, -0.05) is 13.8 Å². The first kappa shape index (κ1) is 20.1. The van der Waals surface area contributed by atoms with Gasteiger partial charge in [0, 0.05) is 37.3 Å². The molecule has 0 spiro atoms. The number of nitrogens with one attached hydrogen (secondary N) is 1. The van der Waals surface area contributed by atoms with Crippen LogP contribution in [0.15, 0.2) is 36.8 Å². The molecular weight excluding hydrogens is 380 g/mol. The van der Waals surface area contributed by atoms with Gasteiger partial charge in [-0.15, -0.1) is 5.10 Å². The van der Waals surface area contributed by atoms with Gasteiger partial charge in [-0.3, -0.25) is 9.78 Å². The molecule has 1 fully saturated rings. The van der Waals surface area contributed by atoms with Crippen molar-refractivity contribution in [3.05, 3.63) is 36.8 Å². The number of anilines is 1. The van der Waals surface area contributed by atoms with Crippen molar-refractivity contribution in [2.75, 3.05) is 25.5 Å². The van der Waals surface area contributed by atoms with Gasteiger partial charge in [0.1, 0.15) is 11.6 Å². The Morgan fingerprint density at radius 3 is 2.97 bits per heavy atom. The van der Waals surface area contributed by atoms with E-state index in [1.165, 1.54) is 0 Å². The maximum atomic E-state index is 12.5. The molecule has 1 aliphatic rings. The van der Waals surface area contributed by atoms with Crippen molar-refractivity contribution < 1.29 is 9.53 Å². The van der Waals surface area contributed by atoms with E-state index in [4.69, 9.17) is 9.84 Å². The molecule has 1 amide bonds. The summed E-state index contributed by atoms with van der Waals surface area (Å²) in [6, 6.07) is 5.95. The number of amides is 1. The summed E-state index contributed by atoms with van der Waals surface area (Å²) in [4.78, 5) is 23.1. The molecule has 3 aromatic rings. The van der Waals surface area contributed by atoms with Gasteiger partial charge in [0.05, 0.1) is 25.2 Å². The van der Waals surface area contributed by atoms with Gasteiger partial charge in [-0.05, 0) is 37.0 Å². The number of imidazole rings is 1. The maximum absolute atomic E-state index is 12.5. The lowest BCUT2D eigenvalue weighted by molar-refractivity contribution is -0.132. The number of carbonyl (C=O) groups is 1. The van der Waals surface area contributed by atoms with Gasteiger partial charge in [0.2, 0.25) is 5.91 Å². The van der Waals surface area contributed by atoms with E-state index in [1.54, 1.807) is 30.2 Å². The number of likely N-dealkylation sites (tertiary alicyclic amines) is 1. The second-order valence-corrected chi connectivity index (χ2v) is 8.07. The minimum Gasteiger partial charge on any atom is -0.494 e. The highest BCUT2D eigenvalue weighted by molar-refractivity contribution is 5.77. The summed E-state index contributed by atoms with van der Waals surface area (Å²) < 4.78 is 7.24. The van der Waals surface area contributed by atoms with E-state index < -0.39 is 0 Å². The SMILES string of the molecule is COc1cnccc1-c1cnc2ccc(NC[C@@H]3CCCN3C(=O)CC(C)C)nn12. The standard InChI is InChI=1S/C22H28N6O2/c1-15(2)11-22(29)27-10-4-5-16(27)12-24-20-6-7-21-25-13-18(28(21)26-20)17-8-9-23-14-19(17)30-3/h6-9,13-16H,4-5,10-12H2,1-3H3,(H,24,26)/t16-/m0/s1. The van der Waals surface area contributed by atoms with Crippen molar-refractivity contribution in [1.82, 2.24) is 24.5 Å². The Kier molecular flexibility index (Phi) is 5.83. The minimum atomic E-state index is 0.205. The molecule has 0 unspecified atom stereocenters. The summed E-state index contributed by atoms with van der Waals surface area (Å²) in [6.07, 6.45) is 7.86. The third-order valence-electron chi connectivity index (χ3n) is 5.44. The van der Waals surface area contributed by atoms with Gasteiger partial charge >= 0.3 is 0 Å². The van der Waals surface area contributed by atoms with E-state index in [1.807, 2.05) is 23.1 Å². The molecule has 0 bridgehead atoms. The lowest BCUT2D eigenvalue weighted by Crippen LogP contribution is -2.40. The molecule has 4 rings (SSSR count). The van der Waals surface area contributed by atoms with Crippen molar-refractivity contribution in [2.45, 2.75) is 39.2 Å². The van der Waals surface area contributed by atoms with Crippen LogP contribution in [0.25, 0.3) is 16.9 Å². The predicted molar refractivity (Wildman–Crippen MR) is 115 cm³/mol. The van der Waals surface area contributed by atoms with Crippen molar-refractivity contribution in [3.63, 3.8) is 0 Å². The Hall–Kier alpha value is -3.16. The number of rotatable bonds is 7. The van der Waals surface area contributed by atoms with Crippen LogP contribution in [0.4, 0.5) is 5.82 Å². The van der Waals surface area contributed by atoms with Crippen LogP contribution in [0.5, 0.6) is 5.75 Å². The molecule has 0 aromatic carbocycles. The summed E-state index contributed by atoms with van der Waals surface area (Å²) in [6.45, 7) is 5.70. The highest BCUT2D eigenvalue weighted by Gasteiger charge is 2.28. The topological polar surface area (TPSA) is 84.7 Å². The Morgan fingerprint density at radius 2 is 2.17 bits per heavy atom. The van der Waals surface area contributed by atoms with E-state index in [0.717, 1.165) is 42.1 Å². The highest BCUT2D eigenvalue weighted by Crippen LogP contribution is 2.29. The zero-order chi connectivity index (χ0) is 21.1. The van der Waals surface area contributed by atoms with Crippen LogP contribution in [0, 0.1) is 5.92 Å². The monoisotopic (exact) mass is 408 g/mol. The number of hydrogen-bond donors (Lipinski definition) is 1. The molecule has 8 heteroatoms. The predicted octanol–water partition coefficient (Wildman–Crippen LogP) is 3.25. The fraction of sp³-hybridized carbons (Fsp3) is 0.455. The summed E-state index contributed by atoms with van der Waals surface area (Å²) in [5, 5.41) is 8.15. The van der Waals surface area contributed by atoms with Crippen LogP contribution >= 0.6 is 0 Å². The molecule has 0 radical (unpaired) electrons. The minimum absolute atomic E-state index is 0.205. The van der Waals surface area contributed by atoms with Crippen LogP contribution in [-0.2, 0) is 4.79 Å². The van der Waals surface area contributed by atoms with Gasteiger partial charge < -0.3 is 15.0 Å². The smallest absolute Gasteiger partial charge is 0.223 e. The third kappa shape index (κ3) is 4.08. The molecule has 0 aliphatic carbocycles. The molecule has 1 N–H and O–H groups in total. The van der Waals surface area contributed by atoms with Crippen molar-refractivity contribution in [2.24, 2.45) is 5.92 Å². The normalized spacial score (nSPS) is 16.4. The molecule has 1 aliphatic heterocycles. The number of carbonyl (C=O) groups excluding carboxylic acids is 1. The number of fused-ring (bicyclic) bond motifs is 1. The Labute approximate surface area is 176 Å². The summed E-state index contributed by atoms with van der Waals surface area (Å²) in [5.74, 6) is 2.04. The van der Waals surface area contributed by atoms with E-state index in [2.05, 4.69) is 29.1 Å². The molecule has 1 atom stereocenters. The molecule has 1 saturated heterocycles. The summed E-state index contributed by atoms with van der Waals surface area (Å²) in [7, 11) is 1.62. The largest absolute Gasteiger partial charge is 0.494 e. The second-order valence-electron chi connectivity index (χ2n) is 8.07. The third-order valence-corrected chi connectivity index (χ3v) is 5.44. The number of pyridine rings is 1. The first-order chi connectivity index (χ1) is 14.6. The van der Waals surface area contributed by atoms with Crippen LogP contribution in [0.1, 0.15) is 33.1 Å². The van der Waals surface area contributed by atoms with Gasteiger partial charge in [-0.2, -0.15) is 0 Å². The fourth-order valence-electron chi connectivity index (χ4n) is 3.97. The van der Waals surface area contributed by atoms with Crippen LogP contribution in [0.3, 0.4) is 0 Å².